The second kappa shape index (κ2) is 30.5. The van der Waals surface area contributed by atoms with Crippen molar-refractivity contribution in [3.8, 4) is 17.1 Å². The maximum Gasteiger partial charge on any atom is 0.327 e. The summed E-state index contributed by atoms with van der Waals surface area (Å²) in [7, 11) is -9.95. The molecule has 6 amide bonds. The van der Waals surface area contributed by atoms with E-state index < -0.39 is 48.1 Å². The quantitative estimate of drug-likeness (QED) is 0.0382. The lowest BCUT2D eigenvalue weighted by Gasteiger charge is -2.14. The van der Waals surface area contributed by atoms with Gasteiger partial charge >= 0.3 is 18.1 Å². The van der Waals surface area contributed by atoms with Gasteiger partial charge in [0.25, 0.3) is 0 Å². The molecule has 0 fully saturated rings. The minimum atomic E-state index is -3.32. The number of urea groups is 3. The van der Waals surface area contributed by atoms with E-state index in [1.54, 1.807) is 150 Å². The van der Waals surface area contributed by atoms with Gasteiger partial charge in [0.2, 0.25) is 5.95 Å². The summed E-state index contributed by atoms with van der Waals surface area (Å²) in [4.78, 5) is 53.8. The van der Waals surface area contributed by atoms with Gasteiger partial charge < -0.3 is 10.3 Å². The second-order valence-corrected chi connectivity index (χ2v) is 30.0. The Morgan fingerprint density at radius 1 is 0.495 bits per heavy atom. The molecular formula is C65H78ClN19O9S3. The molecule has 0 spiro atoms. The predicted octanol–water partition coefficient (Wildman–Crippen LogP) is 14.8. The zero-order valence-corrected chi connectivity index (χ0v) is 58.6. The van der Waals surface area contributed by atoms with Gasteiger partial charge in [-0.15, -0.1) is 0 Å². The lowest BCUT2D eigenvalue weighted by atomic mass is 9.92. The van der Waals surface area contributed by atoms with E-state index in [0.29, 0.717) is 57.0 Å². The number of H-pyrrole nitrogens is 1. The van der Waals surface area contributed by atoms with E-state index >= 15 is 0 Å². The number of anilines is 6. The van der Waals surface area contributed by atoms with Crippen LogP contribution in [0.2, 0.25) is 5.02 Å². The van der Waals surface area contributed by atoms with Crippen molar-refractivity contribution in [1.29, 1.82) is 14.3 Å². The van der Waals surface area contributed by atoms with E-state index in [4.69, 9.17) is 38.5 Å². The molecule has 28 nitrogen and oxygen atoms in total. The number of benzene rings is 5. The first-order valence-corrected chi connectivity index (χ1v) is 35.1. The van der Waals surface area contributed by atoms with Crippen molar-refractivity contribution in [2.24, 2.45) is 0 Å². The molecule has 10 aromatic rings. The van der Waals surface area contributed by atoms with Crippen molar-refractivity contribution in [1.82, 2.24) is 49.3 Å². The normalized spacial score (nSPS) is 13.5. The van der Waals surface area contributed by atoms with Crippen LogP contribution in [-0.4, -0.2) is 99.8 Å². The first-order valence-electron chi connectivity index (χ1n) is 30.3. The van der Waals surface area contributed by atoms with E-state index in [2.05, 4.69) is 67.1 Å². The van der Waals surface area contributed by atoms with Gasteiger partial charge in [-0.05, 0) is 136 Å². The predicted molar refractivity (Wildman–Crippen MR) is 377 cm³/mol. The van der Waals surface area contributed by atoms with E-state index in [9.17, 15) is 27.0 Å². The standard InChI is InChI=1S/C23H27N7O3S.C22H26ClN5O3S.C20H25N7O3S/c1-5-33-34(24,32)16-12-10-15(11-13-16)30-20(14-19(29-30)23(2,3)4)27-22(31)28-21-25-17-8-6-7-9-18(17)26-21;1-5-31-32(24,30)18-12-10-17(11-13-18)28-20(14-19(27-28)22(2,3)4)26-21(29)25-16-8-6-15(23)7-9-16;1-5-30-31(21,29)15-8-6-14(7-9-15)27-18(12-16(26-27)20(2,3)4)25-19(28)24-17-10-11-22-13-23-17/h6-14,24H,5H2,1-4H3,(H3,25,26,27,28,31);6-14,24H,5H2,1-4H3,(H2,25,26,29);6-13,21H,5H2,1-4H3,(H2,22,23,24,25,28). The molecule has 0 bridgehead atoms. The number of amides is 6. The van der Waals surface area contributed by atoms with Crippen molar-refractivity contribution < 1.29 is 39.6 Å². The Bertz CT molecular complexity index is 4700. The number of carbonyl (C=O) groups is 3. The topological polar surface area (TPSA) is 382 Å². The third kappa shape index (κ3) is 19.4. The van der Waals surface area contributed by atoms with Crippen molar-refractivity contribution in [2.45, 2.75) is 114 Å². The summed E-state index contributed by atoms with van der Waals surface area (Å²) in [5.41, 5.74) is 5.61. The zero-order valence-electron chi connectivity index (χ0n) is 55.4. The monoisotopic (exact) mass is 1400 g/mol. The lowest BCUT2D eigenvalue weighted by Crippen LogP contribution is -2.22. The summed E-state index contributed by atoms with van der Waals surface area (Å²) in [6.07, 6.45) is 2.87. The number of aromatic amines is 1. The van der Waals surface area contributed by atoms with E-state index in [1.165, 1.54) is 12.5 Å². The third-order valence-electron chi connectivity index (χ3n) is 13.7. The van der Waals surface area contributed by atoms with Crippen molar-refractivity contribution in [2.75, 3.05) is 51.7 Å². The molecular weight excluding hydrogens is 1320 g/mol. The molecule has 10 rings (SSSR count). The van der Waals surface area contributed by atoms with Gasteiger partial charge in [0.15, 0.2) is 30.0 Å². The first kappa shape index (κ1) is 72.9. The molecule has 0 radical (unpaired) electrons. The van der Waals surface area contributed by atoms with Gasteiger partial charge in [-0.2, -0.15) is 15.3 Å². The Morgan fingerprint density at radius 2 is 0.866 bits per heavy atom. The van der Waals surface area contributed by atoms with Gasteiger partial charge in [-0.1, -0.05) is 86.0 Å². The largest absolute Gasteiger partial charge is 0.327 e. The Labute approximate surface area is 568 Å². The summed E-state index contributed by atoms with van der Waals surface area (Å²) in [6, 6.07) is 39.3. The Hall–Kier alpha value is -9.89. The Balaban J connectivity index is 0.000000186. The fourth-order valence-electron chi connectivity index (χ4n) is 8.81. The average Bonchev–Trinajstić information content (AvgIpc) is 1.71. The fraction of sp³-hybridized carbons (Fsp3) is 0.277. The number of aromatic nitrogens is 10. The van der Waals surface area contributed by atoms with Gasteiger partial charge in [0.1, 0.15) is 29.6 Å². The van der Waals surface area contributed by atoms with Gasteiger partial charge in [0.05, 0.1) is 79.7 Å². The Morgan fingerprint density at radius 3 is 1.22 bits per heavy atom. The summed E-state index contributed by atoms with van der Waals surface area (Å²) in [6.45, 7) is 23.8. The van der Waals surface area contributed by atoms with Gasteiger partial charge in [-0.3, -0.25) is 39.1 Å². The Kier molecular flexibility index (Phi) is 22.9. The molecule has 5 aromatic heterocycles. The van der Waals surface area contributed by atoms with Gasteiger partial charge in [0, 0.05) is 51.4 Å². The van der Waals surface area contributed by atoms with Crippen LogP contribution in [0, 0.1) is 14.3 Å². The molecule has 3 atom stereocenters. The SMILES string of the molecule is CCOS(=N)(=O)c1ccc(-n2nc(C(C)(C)C)cc2NC(=O)Nc2ccc(Cl)cc2)cc1.CCOS(=N)(=O)c1ccc(-n2nc(C(C)(C)C)cc2NC(=O)Nc2ccncn2)cc1.CCOS(=N)(=O)c1ccc(-n2nc(C(C)(C)C)cc2NC(=O)Nc2nc3ccccc3[nH]2)cc1. The molecule has 5 aromatic carbocycles. The highest BCUT2D eigenvalue weighted by Gasteiger charge is 2.26. The molecule has 97 heavy (non-hydrogen) atoms. The van der Waals surface area contributed by atoms with Crippen LogP contribution in [0.25, 0.3) is 28.1 Å². The van der Waals surface area contributed by atoms with E-state index in [-0.39, 0.29) is 50.8 Å². The highest BCUT2D eigenvalue weighted by atomic mass is 35.5. The highest BCUT2D eigenvalue weighted by Crippen LogP contribution is 2.31. The van der Waals surface area contributed by atoms with Crippen LogP contribution in [0.15, 0.2) is 173 Å². The molecule has 0 aliphatic heterocycles. The maximum atomic E-state index is 12.8. The minimum absolute atomic E-state index is 0.173. The zero-order chi connectivity index (χ0) is 70.7. The number of rotatable bonds is 18. The summed E-state index contributed by atoms with van der Waals surface area (Å²) in [5.74, 6) is 2.04. The van der Waals surface area contributed by atoms with Crippen LogP contribution >= 0.6 is 11.6 Å². The van der Waals surface area contributed by atoms with Crippen LogP contribution in [0.4, 0.5) is 49.3 Å². The molecule has 10 N–H and O–H groups in total. The molecule has 0 saturated carbocycles. The molecule has 512 valence electrons. The van der Waals surface area contributed by atoms with Crippen molar-refractivity contribution in [3.05, 3.63) is 180 Å². The number of halogens is 1. The van der Waals surface area contributed by atoms with Crippen LogP contribution in [0.3, 0.4) is 0 Å². The number of nitrogens with zero attached hydrogens (tertiary/aromatic N) is 9. The summed E-state index contributed by atoms with van der Waals surface area (Å²) < 4.78 is 80.6. The van der Waals surface area contributed by atoms with Gasteiger partial charge in [-0.25, -0.2) is 70.3 Å². The summed E-state index contributed by atoms with van der Waals surface area (Å²) >= 11 is 5.89. The average molecular weight is 1400 g/mol. The van der Waals surface area contributed by atoms with Crippen LogP contribution in [0.5, 0.6) is 0 Å². The fourth-order valence-corrected chi connectivity index (χ4v) is 11.8. The second-order valence-electron chi connectivity index (χ2n) is 24.4. The molecule has 5 heterocycles. The number of nitrogens with one attached hydrogen (secondary N) is 10. The number of imidazole rings is 1. The third-order valence-corrected chi connectivity index (χ3v) is 18.4. The first-order chi connectivity index (χ1) is 45.7. The number of hydrogen-bond donors (Lipinski definition) is 10. The van der Waals surface area contributed by atoms with Crippen LogP contribution in [0.1, 0.15) is 100 Å². The molecule has 0 saturated heterocycles. The number of fused-ring (bicyclic) bond motifs is 1. The number of para-hydroxylation sites is 2. The molecule has 0 aliphatic rings. The van der Waals surface area contributed by atoms with Crippen LogP contribution in [-0.2, 0) is 58.8 Å². The van der Waals surface area contributed by atoms with Crippen molar-refractivity contribution >= 4 is 106 Å². The number of hydrogen-bond acceptors (Lipinski definition) is 18. The van der Waals surface area contributed by atoms with E-state index in [1.807, 2.05) is 92.6 Å². The number of carbonyl (C=O) groups excluding carboxylic acids is 3. The van der Waals surface area contributed by atoms with E-state index in [0.717, 1.165) is 28.1 Å². The molecule has 0 aliphatic carbocycles. The molecule has 32 heteroatoms. The molecule has 3 unspecified atom stereocenters. The highest BCUT2D eigenvalue weighted by molar-refractivity contribution is 7.88. The summed E-state index contributed by atoms with van der Waals surface area (Å²) in [5, 5.41) is 31.1. The lowest BCUT2D eigenvalue weighted by molar-refractivity contribution is 0.261. The van der Waals surface area contributed by atoms with Crippen molar-refractivity contribution in [3.63, 3.8) is 0 Å². The van der Waals surface area contributed by atoms with Crippen LogP contribution < -0.4 is 31.9 Å². The minimum Gasteiger partial charge on any atom is -0.324 e. The maximum absolute atomic E-state index is 12.8. The smallest absolute Gasteiger partial charge is 0.324 e.